The largest absolute Gasteiger partial charge is 0.384 e. The van der Waals surface area contributed by atoms with Crippen molar-refractivity contribution in [2.75, 3.05) is 19.8 Å². The number of nitrogens with zero attached hydrogens (tertiary/aromatic N) is 1. The van der Waals surface area contributed by atoms with Gasteiger partial charge in [-0.3, -0.25) is 10.2 Å². The summed E-state index contributed by atoms with van der Waals surface area (Å²) < 4.78 is 5.39. The van der Waals surface area contributed by atoms with Gasteiger partial charge in [0.05, 0.1) is 13.2 Å². The lowest BCUT2D eigenvalue weighted by Gasteiger charge is -2.18. The molecule has 3 N–H and O–H groups in total. The molecule has 3 rings (SSSR count). The molecule has 1 saturated heterocycles. The molecule has 2 heterocycles. The molecule has 1 atom stereocenters. The molecule has 0 bridgehead atoms. The Morgan fingerprint density at radius 2 is 2.37 bits per heavy atom. The topological polar surface area (TPSA) is 67.6 Å². The zero-order valence-electron chi connectivity index (χ0n) is 10.6. The van der Waals surface area contributed by atoms with Crippen LogP contribution in [0.1, 0.15) is 28.3 Å². The van der Waals surface area contributed by atoms with Crippen molar-refractivity contribution in [3.05, 3.63) is 47.3 Å². The molecule has 0 aromatic heterocycles. The molecule has 2 aliphatic heterocycles. The Morgan fingerprint density at radius 3 is 3.05 bits per heavy atom. The molecule has 1 aromatic carbocycles. The number of hydrogen-bond donors (Lipinski definition) is 2. The van der Waals surface area contributed by atoms with Gasteiger partial charge in [-0.2, -0.15) is 0 Å². The number of carbonyl (C=O) groups is 1. The predicted molar refractivity (Wildman–Crippen MR) is 71.1 cm³/mol. The Bertz CT molecular complexity index is 521. The molecule has 0 radical (unpaired) electrons. The molecular formula is C14H17N3O2. The van der Waals surface area contributed by atoms with Gasteiger partial charge in [-0.25, -0.2) is 5.01 Å². The summed E-state index contributed by atoms with van der Waals surface area (Å²) in [5.41, 5.74) is 10.3. The fourth-order valence-electron chi connectivity index (χ4n) is 2.45. The number of amides is 1. The monoisotopic (exact) mass is 259 g/mol. The summed E-state index contributed by atoms with van der Waals surface area (Å²) in [4.78, 5) is 12.3. The van der Waals surface area contributed by atoms with Crippen LogP contribution in [0, 0.1) is 0 Å². The van der Waals surface area contributed by atoms with Crippen LogP contribution in [0.3, 0.4) is 0 Å². The van der Waals surface area contributed by atoms with Gasteiger partial charge >= 0.3 is 0 Å². The molecule has 100 valence electrons. The molecule has 1 amide bonds. The number of ether oxygens (including phenoxy) is 1. The Labute approximate surface area is 112 Å². The van der Waals surface area contributed by atoms with Gasteiger partial charge in [0.1, 0.15) is 5.82 Å². The maximum absolute atomic E-state index is 12.3. The molecular weight excluding hydrogens is 242 g/mol. The molecule has 19 heavy (non-hydrogen) atoms. The number of nitrogens with two attached hydrogens (primary N) is 1. The average molecular weight is 259 g/mol. The number of hydrazine groups is 1. The zero-order chi connectivity index (χ0) is 13.2. The maximum atomic E-state index is 12.3. The highest BCUT2D eigenvalue weighted by Crippen LogP contribution is 2.26. The average Bonchev–Trinajstić information content (AvgIpc) is 3.09. The van der Waals surface area contributed by atoms with E-state index in [4.69, 9.17) is 10.5 Å². The Hall–Kier alpha value is -2.01. The van der Waals surface area contributed by atoms with Gasteiger partial charge in [-0.15, -0.1) is 0 Å². The quantitative estimate of drug-likeness (QED) is 0.830. The van der Waals surface area contributed by atoms with Crippen LogP contribution < -0.4 is 11.2 Å². The van der Waals surface area contributed by atoms with Crippen LogP contribution in [0.4, 0.5) is 0 Å². The van der Waals surface area contributed by atoms with Gasteiger partial charge in [0.2, 0.25) is 0 Å². The molecule has 0 aliphatic carbocycles. The second kappa shape index (κ2) is 4.93. The summed E-state index contributed by atoms with van der Waals surface area (Å²) in [6, 6.07) is 7.77. The van der Waals surface area contributed by atoms with Crippen LogP contribution in [-0.2, 0) is 4.74 Å². The second-order valence-electron chi connectivity index (χ2n) is 4.87. The van der Waals surface area contributed by atoms with Crippen molar-refractivity contribution < 1.29 is 9.53 Å². The van der Waals surface area contributed by atoms with Crippen LogP contribution in [-0.4, -0.2) is 30.7 Å². The summed E-state index contributed by atoms with van der Waals surface area (Å²) in [5.74, 6) is 0.869. The Balaban J connectivity index is 1.77. The number of hydrogen-bond acceptors (Lipinski definition) is 4. The standard InChI is InChI=1S/C14H17N3O2/c15-13-4-6-17(16-13)14(18)11-3-1-2-10(8-11)12-5-7-19-9-12/h1-4,8,12,16H,5-7,9,15H2. The first-order chi connectivity index (χ1) is 9.24. The van der Waals surface area contributed by atoms with Gasteiger partial charge < -0.3 is 10.5 Å². The highest BCUT2D eigenvalue weighted by Gasteiger charge is 2.22. The molecule has 5 heteroatoms. The van der Waals surface area contributed by atoms with Crippen molar-refractivity contribution >= 4 is 5.91 Å². The molecule has 0 spiro atoms. The highest BCUT2D eigenvalue weighted by molar-refractivity contribution is 5.94. The van der Waals surface area contributed by atoms with Crippen LogP contribution >= 0.6 is 0 Å². The minimum Gasteiger partial charge on any atom is -0.384 e. The fourth-order valence-corrected chi connectivity index (χ4v) is 2.45. The summed E-state index contributed by atoms with van der Waals surface area (Å²) >= 11 is 0. The van der Waals surface area contributed by atoms with E-state index in [0.29, 0.717) is 23.8 Å². The first-order valence-electron chi connectivity index (χ1n) is 6.46. The smallest absolute Gasteiger partial charge is 0.272 e. The number of carbonyl (C=O) groups excluding carboxylic acids is 1. The summed E-state index contributed by atoms with van der Waals surface area (Å²) in [7, 11) is 0. The van der Waals surface area contributed by atoms with Crippen molar-refractivity contribution in [3.63, 3.8) is 0 Å². The molecule has 0 saturated carbocycles. The Kier molecular flexibility index (Phi) is 3.13. The minimum absolute atomic E-state index is 0.0579. The van der Waals surface area contributed by atoms with E-state index in [-0.39, 0.29) is 5.91 Å². The highest BCUT2D eigenvalue weighted by atomic mass is 16.5. The Morgan fingerprint density at radius 1 is 1.47 bits per heavy atom. The predicted octanol–water partition coefficient (Wildman–Crippen LogP) is 0.951. The van der Waals surface area contributed by atoms with E-state index < -0.39 is 0 Å². The van der Waals surface area contributed by atoms with E-state index in [1.54, 1.807) is 6.08 Å². The number of rotatable bonds is 2. The molecule has 1 fully saturated rings. The lowest BCUT2D eigenvalue weighted by atomic mass is 9.96. The lowest BCUT2D eigenvalue weighted by Crippen LogP contribution is -2.39. The van der Waals surface area contributed by atoms with Gasteiger partial charge in [0.15, 0.2) is 0 Å². The molecule has 1 aromatic rings. The van der Waals surface area contributed by atoms with Crippen LogP contribution in [0.2, 0.25) is 0 Å². The molecule has 1 unspecified atom stereocenters. The van der Waals surface area contributed by atoms with E-state index in [0.717, 1.165) is 19.6 Å². The van der Waals surface area contributed by atoms with Crippen molar-refractivity contribution in [1.29, 1.82) is 0 Å². The van der Waals surface area contributed by atoms with E-state index in [1.807, 2.05) is 18.2 Å². The van der Waals surface area contributed by atoms with Crippen molar-refractivity contribution in [2.24, 2.45) is 5.73 Å². The minimum atomic E-state index is -0.0579. The first kappa shape index (κ1) is 12.0. The maximum Gasteiger partial charge on any atom is 0.272 e. The van der Waals surface area contributed by atoms with E-state index in [9.17, 15) is 4.79 Å². The third kappa shape index (κ3) is 2.42. The number of benzene rings is 1. The second-order valence-corrected chi connectivity index (χ2v) is 4.87. The SMILES string of the molecule is NC1=CCN(C(=O)c2cccc(C3CCOC3)c2)N1. The zero-order valence-corrected chi connectivity index (χ0v) is 10.6. The molecule has 2 aliphatic rings. The van der Waals surface area contributed by atoms with Crippen molar-refractivity contribution in [3.8, 4) is 0 Å². The lowest BCUT2D eigenvalue weighted by molar-refractivity contribution is 0.0730. The summed E-state index contributed by atoms with van der Waals surface area (Å²) in [5, 5.41) is 1.51. The number of nitrogens with one attached hydrogen (secondary N) is 1. The van der Waals surface area contributed by atoms with Gasteiger partial charge in [0, 0.05) is 18.1 Å². The van der Waals surface area contributed by atoms with Crippen LogP contribution in [0.5, 0.6) is 0 Å². The van der Waals surface area contributed by atoms with Gasteiger partial charge in [-0.1, -0.05) is 12.1 Å². The van der Waals surface area contributed by atoms with E-state index in [2.05, 4.69) is 11.5 Å². The van der Waals surface area contributed by atoms with Gasteiger partial charge in [0.25, 0.3) is 5.91 Å². The van der Waals surface area contributed by atoms with Crippen LogP contribution in [0.25, 0.3) is 0 Å². The van der Waals surface area contributed by atoms with Crippen molar-refractivity contribution in [1.82, 2.24) is 10.4 Å². The summed E-state index contributed by atoms with van der Waals surface area (Å²) in [6.07, 6.45) is 2.81. The third-order valence-corrected chi connectivity index (χ3v) is 3.54. The van der Waals surface area contributed by atoms with Crippen molar-refractivity contribution in [2.45, 2.75) is 12.3 Å². The van der Waals surface area contributed by atoms with Crippen LogP contribution in [0.15, 0.2) is 36.2 Å². The van der Waals surface area contributed by atoms with E-state index in [1.165, 1.54) is 10.6 Å². The van der Waals surface area contributed by atoms with E-state index >= 15 is 0 Å². The fraction of sp³-hybridized carbons (Fsp3) is 0.357. The van der Waals surface area contributed by atoms with Gasteiger partial charge in [-0.05, 0) is 30.2 Å². The normalized spacial score (nSPS) is 22.2. The summed E-state index contributed by atoms with van der Waals surface area (Å²) in [6.45, 7) is 2.05. The molecule has 5 nitrogen and oxygen atoms in total. The third-order valence-electron chi connectivity index (χ3n) is 3.54. The first-order valence-corrected chi connectivity index (χ1v) is 6.46.